The van der Waals surface area contributed by atoms with Crippen molar-refractivity contribution in [1.82, 2.24) is 5.32 Å². The van der Waals surface area contributed by atoms with Gasteiger partial charge in [-0.3, -0.25) is 14.4 Å². The number of halogens is 2. The van der Waals surface area contributed by atoms with Gasteiger partial charge in [0, 0.05) is 31.9 Å². The van der Waals surface area contributed by atoms with Crippen LogP contribution in [0, 0.1) is 0 Å². The largest absolute Gasteiger partial charge is 0.325 e. The number of thioether (sulfide) groups is 1. The van der Waals surface area contributed by atoms with E-state index in [1.54, 1.807) is 91.0 Å². The minimum atomic E-state index is -0.541. The van der Waals surface area contributed by atoms with E-state index in [2.05, 4.69) is 16.0 Å². The Morgan fingerprint density at radius 2 is 1.22 bits per heavy atom. The average Bonchev–Trinajstić information content (AvgIpc) is 3.06. The second-order valence-electron chi connectivity index (χ2n) is 9.78. The summed E-state index contributed by atoms with van der Waals surface area (Å²) in [5, 5.41) is 9.00. The molecule has 5 aromatic rings. The number of hydrogen-bond donors (Lipinski definition) is 3. The lowest BCUT2D eigenvalue weighted by Gasteiger charge is -2.17. The molecule has 0 spiro atoms. The van der Waals surface area contributed by atoms with Crippen molar-refractivity contribution in [3.63, 3.8) is 0 Å². The first-order valence-electron chi connectivity index (χ1n) is 13.9. The van der Waals surface area contributed by atoms with Crippen molar-refractivity contribution >= 4 is 70.1 Å². The summed E-state index contributed by atoms with van der Waals surface area (Å²) in [7, 11) is 0. The van der Waals surface area contributed by atoms with Crippen LogP contribution in [0.4, 0.5) is 11.4 Å². The predicted octanol–water partition coefficient (Wildman–Crippen LogP) is 8.88. The zero-order valence-electron chi connectivity index (χ0n) is 23.7. The van der Waals surface area contributed by atoms with Gasteiger partial charge in [-0.15, -0.1) is 11.8 Å². The Bertz CT molecular complexity index is 1810. The van der Waals surface area contributed by atoms with Crippen LogP contribution >= 0.6 is 35.0 Å². The zero-order valence-corrected chi connectivity index (χ0v) is 26.1. The highest BCUT2D eigenvalue weighted by Crippen LogP contribution is 2.37. The summed E-state index contributed by atoms with van der Waals surface area (Å²) in [6.45, 7) is 0. The lowest BCUT2D eigenvalue weighted by molar-refractivity contribution is -0.116. The summed E-state index contributed by atoms with van der Waals surface area (Å²) in [5.74, 6) is -1.14. The Kier molecular flexibility index (Phi) is 10.7. The van der Waals surface area contributed by atoms with Crippen molar-refractivity contribution in [2.45, 2.75) is 10.1 Å². The van der Waals surface area contributed by atoms with Crippen molar-refractivity contribution in [1.29, 1.82) is 0 Å². The molecule has 1 unspecified atom stereocenters. The summed E-state index contributed by atoms with van der Waals surface area (Å²) >= 11 is 13.7. The van der Waals surface area contributed by atoms with Gasteiger partial charge in [0.15, 0.2) is 0 Å². The summed E-state index contributed by atoms with van der Waals surface area (Å²) in [5.41, 5.74) is 3.00. The van der Waals surface area contributed by atoms with E-state index in [1.165, 1.54) is 17.8 Å². The zero-order chi connectivity index (χ0) is 31.6. The van der Waals surface area contributed by atoms with Gasteiger partial charge in [0.25, 0.3) is 11.8 Å². The molecule has 6 nitrogen and oxygen atoms in total. The van der Waals surface area contributed by atoms with Gasteiger partial charge in [0.1, 0.15) is 10.9 Å². The van der Waals surface area contributed by atoms with Crippen LogP contribution in [0.5, 0.6) is 0 Å². The number of hydrogen-bond acceptors (Lipinski definition) is 4. The molecule has 9 heteroatoms. The Morgan fingerprint density at radius 1 is 0.644 bits per heavy atom. The maximum Gasteiger partial charge on any atom is 0.272 e. The van der Waals surface area contributed by atoms with Crippen molar-refractivity contribution in [3.05, 3.63) is 166 Å². The first kappa shape index (κ1) is 31.6. The van der Waals surface area contributed by atoms with Crippen LogP contribution in [0.1, 0.15) is 26.7 Å². The molecule has 1 atom stereocenters. The van der Waals surface area contributed by atoms with Crippen molar-refractivity contribution < 1.29 is 14.4 Å². The van der Waals surface area contributed by atoms with E-state index >= 15 is 0 Å². The number of rotatable bonds is 10. The number of carbonyl (C=O) groups excluding carboxylic acids is 3. The lowest BCUT2D eigenvalue weighted by Crippen LogP contribution is -2.30. The minimum absolute atomic E-state index is 0.0263. The molecular weight excluding hydrogens is 625 g/mol. The number of anilines is 2. The second-order valence-corrected chi connectivity index (χ2v) is 11.8. The van der Waals surface area contributed by atoms with Crippen molar-refractivity contribution in [3.8, 4) is 0 Å². The molecule has 0 aliphatic rings. The predicted molar refractivity (Wildman–Crippen MR) is 184 cm³/mol. The van der Waals surface area contributed by atoms with E-state index in [0.29, 0.717) is 32.5 Å². The molecule has 5 rings (SSSR count). The fourth-order valence-electron chi connectivity index (χ4n) is 4.28. The quantitative estimate of drug-likeness (QED) is 0.104. The Balaban J connectivity index is 1.33. The van der Waals surface area contributed by atoms with Crippen LogP contribution in [0.3, 0.4) is 0 Å². The number of amides is 3. The molecule has 0 fully saturated rings. The molecular formula is C36H27Cl2N3O3S. The molecule has 0 aromatic heterocycles. The highest BCUT2D eigenvalue weighted by atomic mass is 35.5. The summed E-state index contributed by atoms with van der Waals surface area (Å²) < 4.78 is 0. The van der Waals surface area contributed by atoms with Crippen molar-refractivity contribution in [2.75, 3.05) is 10.6 Å². The van der Waals surface area contributed by atoms with Gasteiger partial charge in [-0.1, -0.05) is 89.9 Å². The molecule has 3 amide bonds. The average molecular weight is 653 g/mol. The summed E-state index contributed by atoms with van der Waals surface area (Å²) in [6.07, 6.45) is 1.53. The van der Waals surface area contributed by atoms with Crippen LogP contribution in [0.15, 0.2) is 144 Å². The smallest absolute Gasteiger partial charge is 0.272 e. The van der Waals surface area contributed by atoms with E-state index in [9.17, 15) is 14.4 Å². The molecule has 0 heterocycles. The molecule has 0 aliphatic carbocycles. The lowest BCUT2D eigenvalue weighted by atomic mass is 10.1. The molecule has 0 radical (unpaired) electrons. The fraction of sp³-hybridized carbons (Fsp3) is 0.0278. The molecule has 3 N–H and O–H groups in total. The molecule has 0 saturated carbocycles. The Labute approximate surface area is 275 Å². The van der Waals surface area contributed by atoms with Gasteiger partial charge in [0.05, 0.1) is 0 Å². The van der Waals surface area contributed by atoms with E-state index in [4.69, 9.17) is 23.2 Å². The SMILES string of the molecule is O=C(Nc1ccc(SC(C(=O)Nc2ccc(Cl)cc2)c2ccccc2)cc1)/C(=C/c1ccccc1Cl)NC(=O)c1ccccc1. The second kappa shape index (κ2) is 15.3. The van der Waals surface area contributed by atoms with Gasteiger partial charge in [0.2, 0.25) is 5.91 Å². The third-order valence-corrected chi connectivity index (χ3v) is 8.41. The minimum Gasteiger partial charge on any atom is -0.325 e. The van der Waals surface area contributed by atoms with Crippen LogP contribution in [-0.4, -0.2) is 17.7 Å². The molecule has 0 bridgehead atoms. The molecule has 0 saturated heterocycles. The third-order valence-electron chi connectivity index (χ3n) is 6.55. The Hall–Kier alpha value is -4.82. The Morgan fingerprint density at radius 3 is 1.89 bits per heavy atom. The monoisotopic (exact) mass is 651 g/mol. The fourth-order valence-corrected chi connectivity index (χ4v) is 5.62. The van der Waals surface area contributed by atoms with E-state index in [-0.39, 0.29) is 11.6 Å². The topological polar surface area (TPSA) is 87.3 Å². The van der Waals surface area contributed by atoms with Gasteiger partial charge >= 0.3 is 0 Å². The normalized spacial score (nSPS) is 11.7. The van der Waals surface area contributed by atoms with Gasteiger partial charge < -0.3 is 16.0 Å². The van der Waals surface area contributed by atoms with Gasteiger partial charge in [-0.25, -0.2) is 0 Å². The van der Waals surface area contributed by atoms with Gasteiger partial charge in [-0.05, 0) is 83.9 Å². The standard InChI is InChI=1S/C36H27Cl2N3O3S/c37-27-15-17-28(18-16-27)40-36(44)33(24-9-3-1-4-10-24)45-30-21-19-29(20-22-30)39-35(43)32(23-26-13-7-8-14-31(26)38)41-34(42)25-11-5-2-6-12-25/h1-23,33H,(H,39,43)(H,40,44)(H,41,42)/b32-23-. The van der Waals surface area contributed by atoms with Crippen LogP contribution in [-0.2, 0) is 9.59 Å². The molecule has 45 heavy (non-hydrogen) atoms. The van der Waals surface area contributed by atoms with Crippen LogP contribution in [0.2, 0.25) is 10.0 Å². The first-order valence-corrected chi connectivity index (χ1v) is 15.5. The molecule has 5 aromatic carbocycles. The van der Waals surface area contributed by atoms with Crippen molar-refractivity contribution in [2.24, 2.45) is 0 Å². The summed E-state index contributed by atoms with van der Waals surface area (Å²) in [6, 6.07) is 39.2. The number of carbonyl (C=O) groups is 3. The highest BCUT2D eigenvalue weighted by molar-refractivity contribution is 8.00. The van der Waals surface area contributed by atoms with Crippen LogP contribution < -0.4 is 16.0 Å². The molecule has 224 valence electrons. The molecule has 0 aliphatic heterocycles. The maximum absolute atomic E-state index is 13.4. The number of benzene rings is 5. The van der Waals surface area contributed by atoms with Crippen LogP contribution in [0.25, 0.3) is 6.08 Å². The van der Waals surface area contributed by atoms with Gasteiger partial charge in [-0.2, -0.15) is 0 Å². The first-order chi connectivity index (χ1) is 21.9. The van der Waals surface area contributed by atoms with E-state index in [1.807, 2.05) is 42.5 Å². The maximum atomic E-state index is 13.4. The third kappa shape index (κ3) is 8.86. The number of nitrogens with one attached hydrogen (secondary N) is 3. The highest BCUT2D eigenvalue weighted by Gasteiger charge is 2.22. The summed E-state index contributed by atoms with van der Waals surface area (Å²) in [4.78, 5) is 40.6. The van der Waals surface area contributed by atoms with E-state index < -0.39 is 17.1 Å². The van der Waals surface area contributed by atoms with E-state index in [0.717, 1.165) is 10.5 Å².